The molecule has 2 N–H and O–H groups in total. The van der Waals surface area contributed by atoms with Gasteiger partial charge in [0, 0.05) is 12.1 Å². The fourth-order valence-electron chi connectivity index (χ4n) is 2.91. The summed E-state index contributed by atoms with van der Waals surface area (Å²) in [5, 5.41) is 0. The van der Waals surface area contributed by atoms with Crippen LogP contribution in [0.4, 0.5) is 8.78 Å². The van der Waals surface area contributed by atoms with Crippen molar-refractivity contribution in [1.29, 1.82) is 0 Å². The van der Waals surface area contributed by atoms with Gasteiger partial charge in [0.05, 0.1) is 6.54 Å². The van der Waals surface area contributed by atoms with E-state index in [9.17, 15) is 8.78 Å². The summed E-state index contributed by atoms with van der Waals surface area (Å²) >= 11 is 0. The van der Waals surface area contributed by atoms with Crippen molar-refractivity contribution in [3.05, 3.63) is 35.4 Å². The van der Waals surface area contributed by atoms with Gasteiger partial charge in [0.25, 0.3) is 6.43 Å². The Morgan fingerprint density at radius 1 is 1.33 bits per heavy atom. The Kier molecular flexibility index (Phi) is 3.97. The van der Waals surface area contributed by atoms with E-state index in [-0.39, 0.29) is 18.6 Å². The number of benzene rings is 1. The van der Waals surface area contributed by atoms with Crippen LogP contribution in [0.15, 0.2) is 24.3 Å². The zero-order valence-corrected chi connectivity index (χ0v) is 10.8. The van der Waals surface area contributed by atoms with Gasteiger partial charge in [0.1, 0.15) is 0 Å². The van der Waals surface area contributed by atoms with Crippen molar-refractivity contribution < 1.29 is 8.78 Å². The average Bonchev–Trinajstić information content (AvgIpc) is 2.33. The number of hydrogen-bond donors (Lipinski definition) is 1. The van der Waals surface area contributed by atoms with Crippen LogP contribution < -0.4 is 5.73 Å². The summed E-state index contributed by atoms with van der Waals surface area (Å²) < 4.78 is 25.0. The van der Waals surface area contributed by atoms with E-state index >= 15 is 0 Å². The largest absolute Gasteiger partial charge is 0.323 e. The molecule has 2 rings (SSSR count). The van der Waals surface area contributed by atoms with Gasteiger partial charge in [-0.05, 0) is 30.5 Å². The van der Waals surface area contributed by atoms with E-state index in [1.54, 1.807) is 11.9 Å². The van der Waals surface area contributed by atoms with E-state index in [0.29, 0.717) is 5.92 Å². The second-order valence-corrected chi connectivity index (χ2v) is 5.19. The Morgan fingerprint density at radius 3 is 2.56 bits per heavy atom. The van der Waals surface area contributed by atoms with Gasteiger partial charge in [0.2, 0.25) is 0 Å². The number of alkyl halides is 2. The lowest BCUT2D eigenvalue weighted by atomic mass is 9.78. The van der Waals surface area contributed by atoms with Crippen LogP contribution in [-0.2, 0) is 0 Å². The molecule has 0 bridgehead atoms. The highest BCUT2D eigenvalue weighted by Gasteiger charge is 2.33. The molecule has 0 saturated heterocycles. The smallest absolute Gasteiger partial charge is 0.251 e. The Balaban J connectivity index is 2.22. The van der Waals surface area contributed by atoms with Crippen molar-refractivity contribution in [2.45, 2.75) is 37.8 Å². The lowest BCUT2D eigenvalue weighted by molar-refractivity contribution is 0.0673. The first-order valence-electron chi connectivity index (χ1n) is 6.33. The molecule has 1 aromatic carbocycles. The molecular formula is C14H20F2N2. The monoisotopic (exact) mass is 254 g/mol. The van der Waals surface area contributed by atoms with Gasteiger partial charge in [-0.3, -0.25) is 4.90 Å². The fourth-order valence-corrected chi connectivity index (χ4v) is 2.91. The Hall–Kier alpha value is -1.00. The summed E-state index contributed by atoms with van der Waals surface area (Å²) in [6.45, 7) is 1.92. The van der Waals surface area contributed by atoms with Crippen molar-refractivity contribution in [2.24, 2.45) is 5.73 Å². The van der Waals surface area contributed by atoms with Crippen LogP contribution >= 0.6 is 0 Å². The second kappa shape index (κ2) is 5.33. The standard InChI is InChI=1S/C14H20F2N2/c1-9-7-12(18(2)8-13(15)16)14(17)11-6-4-3-5-10(9)11/h3-6,9,12-14H,7-8,17H2,1-2H3. The molecule has 1 aliphatic rings. The molecular weight excluding hydrogens is 234 g/mol. The molecule has 0 amide bonds. The van der Waals surface area contributed by atoms with Gasteiger partial charge < -0.3 is 5.73 Å². The normalized spacial score (nSPS) is 27.6. The van der Waals surface area contributed by atoms with Crippen molar-refractivity contribution >= 4 is 0 Å². The van der Waals surface area contributed by atoms with Crippen molar-refractivity contribution in [3.63, 3.8) is 0 Å². The van der Waals surface area contributed by atoms with Gasteiger partial charge in [-0.25, -0.2) is 8.78 Å². The maximum Gasteiger partial charge on any atom is 0.251 e. The number of rotatable bonds is 3. The molecule has 0 aliphatic heterocycles. The molecule has 100 valence electrons. The third kappa shape index (κ3) is 2.54. The van der Waals surface area contributed by atoms with E-state index in [0.717, 1.165) is 12.0 Å². The van der Waals surface area contributed by atoms with Gasteiger partial charge >= 0.3 is 0 Å². The Labute approximate surface area is 107 Å². The third-order valence-electron chi connectivity index (χ3n) is 3.89. The second-order valence-electron chi connectivity index (χ2n) is 5.19. The van der Waals surface area contributed by atoms with Crippen molar-refractivity contribution in [3.8, 4) is 0 Å². The van der Waals surface area contributed by atoms with Crippen LogP contribution in [0, 0.1) is 0 Å². The molecule has 0 fully saturated rings. The molecule has 1 aromatic rings. The Bertz CT molecular complexity index is 409. The molecule has 0 spiro atoms. The highest BCUT2D eigenvalue weighted by atomic mass is 19.3. The van der Waals surface area contributed by atoms with Crippen LogP contribution in [0.25, 0.3) is 0 Å². The predicted octanol–water partition coefficient (Wildman–Crippen LogP) is 2.76. The minimum Gasteiger partial charge on any atom is -0.323 e. The first-order valence-corrected chi connectivity index (χ1v) is 6.33. The number of nitrogens with zero attached hydrogens (tertiary/aromatic N) is 1. The molecule has 0 saturated carbocycles. The number of halogens is 2. The molecule has 3 atom stereocenters. The van der Waals surface area contributed by atoms with Crippen LogP contribution in [0.5, 0.6) is 0 Å². The van der Waals surface area contributed by atoms with Crippen LogP contribution in [0.2, 0.25) is 0 Å². The lowest BCUT2D eigenvalue weighted by Gasteiger charge is -2.40. The molecule has 0 heterocycles. The highest BCUT2D eigenvalue weighted by molar-refractivity contribution is 5.36. The van der Waals surface area contributed by atoms with E-state index < -0.39 is 6.43 Å². The fraction of sp³-hybridized carbons (Fsp3) is 0.571. The van der Waals surface area contributed by atoms with Gasteiger partial charge in [-0.1, -0.05) is 31.2 Å². The molecule has 1 aliphatic carbocycles. The maximum absolute atomic E-state index is 12.5. The van der Waals surface area contributed by atoms with E-state index in [1.807, 2.05) is 18.2 Å². The molecule has 3 unspecified atom stereocenters. The van der Waals surface area contributed by atoms with Crippen LogP contribution in [0.1, 0.15) is 36.4 Å². The number of likely N-dealkylation sites (N-methyl/N-ethyl adjacent to an activating group) is 1. The molecule has 4 heteroatoms. The third-order valence-corrected chi connectivity index (χ3v) is 3.89. The van der Waals surface area contributed by atoms with Crippen LogP contribution in [-0.4, -0.2) is 31.0 Å². The SMILES string of the molecule is CC1CC(N(C)CC(F)F)C(N)c2ccccc21. The van der Waals surface area contributed by atoms with Crippen molar-refractivity contribution in [1.82, 2.24) is 4.90 Å². The van der Waals surface area contributed by atoms with Gasteiger partial charge in [-0.15, -0.1) is 0 Å². The van der Waals surface area contributed by atoms with Gasteiger partial charge in [0.15, 0.2) is 0 Å². The summed E-state index contributed by atoms with van der Waals surface area (Å²) in [7, 11) is 1.73. The zero-order valence-electron chi connectivity index (χ0n) is 10.8. The lowest BCUT2D eigenvalue weighted by Crippen LogP contribution is -2.45. The number of nitrogens with two attached hydrogens (primary N) is 1. The summed E-state index contributed by atoms with van der Waals surface area (Å²) in [5.74, 6) is 0.367. The number of fused-ring (bicyclic) bond motifs is 1. The van der Waals surface area contributed by atoms with Crippen LogP contribution in [0.3, 0.4) is 0 Å². The highest BCUT2D eigenvalue weighted by Crippen LogP contribution is 2.38. The van der Waals surface area contributed by atoms with E-state index in [1.165, 1.54) is 5.56 Å². The molecule has 18 heavy (non-hydrogen) atoms. The van der Waals surface area contributed by atoms with E-state index in [2.05, 4.69) is 13.0 Å². The van der Waals surface area contributed by atoms with Crippen molar-refractivity contribution in [2.75, 3.05) is 13.6 Å². The predicted molar refractivity (Wildman–Crippen MR) is 68.8 cm³/mol. The molecule has 0 radical (unpaired) electrons. The first-order chi connectivity index (χ1) is 8.50. The minimum atomic E-state index is -2.31. The minimum absolute atomic E-state index is 0.0103. The summed E-state index contributed by atoms with van der Waals surface area (Å²) in [5.41, 5.74) is 8.60. The maximum atomic E-state index is 12.5. The number of hydrogen-bond acceptors (Lipinski definition) is 2. The quantitative estimate of drug-likeness (QED) is 0.898. The summed E-state index contributed by atoms with van der Waals surface area (Å²) in [6, 6.07) is 7.87. The topological polar surface area (TPSA) is 29.3 Å². The molecule has 0 aromatic heterocycles. The first kappa shape index (κ1) is 13.4. The van der Waals surface area contributed by atoms with E-state index in [4.69, 9.17) is 5.73 Å². The Morgan fingerprint density at radius 2 is 1.94 bits per heavy atom. The summed E-state index contributed by atoms with van der Waals surface area (Å²) in [4.78, 5) is 1.70. The van der Waals surface area contributed by atoms with Gasteiger partial charge in [-0.2, -0.15) is 0 Å². The zero-order chi connectivity index (χ0) is 13.3. The average molecular weight is 254 g/mol. The summed E-state index contributed by atoms with van der Waals surface area (Å²) in [6.07, 6.45) is -1.48. The molecule has 2 nitrogen and oxygen atoms in total.